The highest BCUT2D eigenvalue weighted by atomic mass is 32.2. The van der Waals surface area contributed by atoms with Gasteiger partial charge in [-0.1, -0.05) is 6.92 Å². The van der Waals surface area contributed by atoms with Crippen LogP contribution in [0.25, 0.3) is 0 Å². The van der Waals surface area contributed by atoms with E-state index in [9.17, 15) is 13.8 Å². The minimum Gasteiger partial charge on any atom is -0.355 e. The molecule has 2 atom stereocenters. The fourth-order valence-electron chi connectivity index (χ4n) is 1.53. The van der Waals surface area contributed by atoms with Crippen LogP contribution < -0.4 is 10.6 Å². The Kier molecular flexibility index (Phi) is 5.45. The predicted octanol–water partition coefficient (Wildman–Crippen LogP) is -0.603. The van der Waals surface area contributed by atoms with E-state index in [-0.39, 0.29) is 17.7 Å². The van der Waals surface area contributed by atoms with Crippen molar-refractivity contribution >= 4 is 22.6 Å². The molecule has 0 aliphatic carbocycles. The Balaban J connectivity index is 2.20. The SMILES string of the molecule is CCS(=O)CCNC(=O)C1CCC(=O)NC1. The van der Waals surface area contributed by atoms with Gasteiger partial charge in [0, 0.05) is 41.8 Å². The van der Waals surface area contributed by atoms with Crippen LogP contribution in [-0.4, -0.2) is 40.6 Å². The highest BCUT2D eigenvalue weighted by molar-refractivity contribution is 7.84. The molecule has 1 rings (SSSR count). The Morgan fingerprint density at radius 1 is 1.62 bits per heavy atom. The third kappa shape index (κ3) is 4.30. The maximum atomic E-state index is 11.6. The van der Waals surface area contributed by atoms with Gasteiger partial charge in [0.05, 0.1) is 5.92 Å². The van der Waals surface area contributed by atoms with Crippen LogP contribution in [0.1, 0.15) is 19.8 Å². The summed E-state index contributed by atoms with van der Waals surface area (Å²) in [5, 5.41) is 5.41. The van der Waals surface area contributed by atoms with Gasteiger partial charge in [-0.2, -0.15) is 0 Å². The molecule has 0 bridgehead atoms. The molecule has 0 radical (unpaired) electrons. The van der Waals surface area contributed by atoms with Gasteiger partial charge >= 0.3 is 0 Å². The van der Waals surface area contributed by atoms with Crippen molar-refractivity contribution in [3.8, 4) is 0 Å². The molecule has 1 fully saturated rings. The third-order valence-corrected chi connectivity index (χ3v) is 3.89. The fourth-order valence-corrected chi connectivity index (χ4v) is 2.15. The number of amides is 2. The molecular weight excluding hydrogens is 228 g/mol. The lowest BCUT2D eigenvalue weighted by Gasteiger charge is -2.21. The summed E-state index contributed by atoms with van der Waals surface area (Å²) in [4.78, 5) is 22.5. The number of carbonyl (C=O) groups is 2. The molecule has 2 unspecified atom stereocenters. The molecule has 1 heterocycles. The molecule has 0 aromatic rings. The van der Waals surface area contributed by atoms with E-state index >= 15 is 0 Å². The number of piperidine rings is 1. The van der Waals surface area contributed by atoms with Gasteiger partial charge in [0.15, 0.2) is 0 Å². The van der Waals surface area contributed by atoms with Gasteiger partial charge in [0.1, 0.15) is 0 Å². The van der Waals surface area contributed by atoms with E-state index in [4.69, 9.17) is 0 Å². The molecule has 1 saturated heterocycles. The summed E-state index contributed by atoms with van der Waals surface area (Å²) >= 11 is 0. The van der Waals surface area contributed by atoms with Crippen molar-refractivity contribution < 1.29 is 13.8 Å². The molecule has 2 N–H and O–H groups in total. The number of carbonyl (C=O) groups excluding carboxylic acids is 2. The molecule has 0 saturated carbocycles. The van der Waals surface area contributed by atoms with E-state index in [2.05, 4.69) is 10.6 Å². The molecular formula is C10H18N2O3S. The quantitative estimate of drug-likeness (QED) is 0.680. The summed E-state index contributed by atoms with van der Waals surface area (Å²) in [6.45, 7) is 2.72. The lowest BCUT2D eigenvalue weighted by Crippen LogP contribution is -2.43. The van der Waals surface area contributed by atoms with Crippen molar-refractivity contribution in [1.29, 1.82) is 0 Å². The van der Waals surface area contributed by atoms with Crippen LogP contribution >= 0.6 is 0 Å². The van der Waals surface area contributed by atoms with Gasteiger partial charge in [0.2, 0.25) is 11.8 Å². The minimum absolute atomic E-state index is 0.0103. The van der Waals surface area contributed by atoms with E-state index in [0.29, 0.717) is 37.4 Å². The summed E-state index contributed by atoms with van der Waals surface area (Å²) in [6, 6.07) is 0. The Bertz CT molecular complexity index is 284. The van der Waals surface area contributed by atoms with Crippen LogP contribution in [0.4, 0.5) is 0 Å². The van der Waals surface area contributed by atoms with Crippen LogP contribution in [0.5, 0.6) is 0 Å². The third-order valence-electron chi connectivity index (χ3n) is 2.59. The number of nitrogens with one attached hydrogen (secondary N) is 2. The molecule has 1 aliphatic rings. The molecule has 92 valence electrons. The largest absolute Gasteiger partial charge is 0.355 e. The standard InChI is InChI=1S/C10H18N2O3S/c1-2-16(15)6-5-11-10(14)8-3-4-9(13)12-7-8/h8H,2-7H2,1H3,(H,11,14)(H,12,13). The molecule has 5 nitrogen and oxygen atoms in total. The molecule has 0 aromatic heterocycles. The van der Waals surface area contributed by atoms with Crippen molar-refractivity contribution in [3.05, 3.63) is 0 Å². The summed E-state index contributed by atoms with van der Waals surface area (Å²) in [5.41, 5.74) is 0. The second kappa shape index (κ2) is 6.62. The Morgan fingerprint density at radius 3 is 2.94 bits per heavy atom. The van der Waals surface area contributed by atoms with E-state index in [1.54, 1.807) is 0 Å². The maximum Gasteiger partial charge on any atom is 0.224 e. The molecule has 0 aromatic carbocycles. The Morgan fingerprint density at radius 2 is 2.38 bits per heavy atom. The Labute approximate surface area is 97.8 Å². The molecule has 16 heavy (non-hydrogen) atoms. The molecule has 1 aliphatic heterocycles. The minimum atomic E-state index is -0.839. The van der Waals surface area contributed by atoms with Crippen molar-refractivity contribution in [2.75, 3.05) is 24.6 Å². The van der Waals surface area contributed by atoms with Crippen LogP contribution in [0, 0.1) is 5.92 Å². The number of hydrogen-bond acceptors (Lipinski definition) is 3. The van der Waals surface area contributed by atoms with Crippen LogP contribution in [0.15, 0.2) is 0 Å². The normalized spacial score (nSPS) is 22.3. The van der Waals surface area contributed by atoms with Crippen LogP contribution in [-0.2, 0) is 20.4 Å². The van der Waals surface area contributed by atoms with Crippen molar-refractivity contribution in [2.24, 2.45) is 5.92 Å². The lowest BCUT2D eigenvalue weighted by atomic mass is 9.98. The highest BCUT2D eigenvalue weighted by Crippen LogP contribution is 2.10. The fraction of sp³-hybridized carbons (Fsp3) is 0.800. The van der Waals surface area contributed by atoms with Gasteiger partial charge in [-0.15, -0.1) is 0 Å². The number of hydrogen-bond donors (Lipinski definition) is 2. The van der Waals surface area contributed by atoms with Gasteiger partial charge in [0.25, 0.3) is 0 Å². The molecule has 6 heteroatoms. The van der Waals surface area contributed by atoms with Gasteiger partial charge in [-0.25, -0.2) is 0 Å². The first-order valence-electron chi connectivity index (χ1n) is 5.53. The first-order valence-corrected chi connectivity index (χ1v) is 7.01. The van der Waals surface area contributed by atoms with E-state index in [0.717, 1.165) is 0 Å². The highest BCUT2D eigenvalue weighted by Gasteiger charge is 2.23. The summed E-state index contributed by atoms with van der Waals surface area (Å²) in [6.07, 6.45) is 1.02. The summed E-state index contributed by atoms with van der Waals surface area (Å²) < 4.78 is 11.1. The predicted molar refractivity (Wildman–Crippen MR) is 62.3 cm³/mol. The maximum absolute atomic E-state index is 11.6. The topological polar surface area (TPSA) is 75.3 Å². The van der Waals surface area contributed by atoms with Gasteiger partial charge < -0.3 is 10.6 Å². The average molecular weight is 246 g/mol. The second-order valence-corrected chi connectivity index (χ2v) is 5.63. The zero-order valence-corrected chi connectivity index (χ0v) is 10.3. The van der Waals surface area contributed by atoms with E-state index < -0.39 is 10.8 Å². The number of rotatable bonds is 5. The first kappa shape index (κ1) is 13.2. The van der Waals surface area contributed by atoms with Crippen molar-refractivity contribution in [1.82, 2.24) is 10.6 Å². The van der Waals surface area contributed by atoms with Gasteiger partial charge in [-0.05, 0) is 6.42 Å². The lowest BCUT2D eigenvalue weighted by molar-refractivity contribution is -0.128. The first-order chi connectivity index (χ1) is 7.63. The average Bonchev–Trinajstić information content (AvgIpc) is 2.29. The zero-order valence-electron chi connectivity index (χ0n) is 9.45. The Hall–Kier alpha value is -0.910. The van der Waals surface area contributed by atoms with Crippen molar-refractivity contribution in [2.45, 2.75) is 19.8 Å². The van der Waals surface area contributed by atoms with E-state index in [1.807, 2.05) is 6.92 Å². The zero-order chi connectivity index (χ0) is 12.0. The smallest absolute Gasteiger partial charge is 0.224 e. The summed E-state index contributed by atoms with van der Waals surface area (Å²) in [7, 11) is -0.839. The van der Waals surface area contributed by atoms with E-state index in [1.165, 1.54) is 0 Å². The van der Waals surface area contributed by atoms with Gasteiger partial charge in [-0.3, -0.25) is 13.8 Å². The van der Waals surface area contributed by atoms with Crippen molar-refractivity contribution in [3.63, 3.8) is 0 Å². The summed E-state index contributed by atoms with van der Waals surface area (Å²) in [5.74, 6) is 0.952. The molecule has 0 spiro atoms. The second-order valence-electron chi connectivity index (χ2n) is 3.76. The van der Waals surface area contributed by atoms with Crippen LogP contribution in [0.3, 0.4) is 0 Å². The van der Waals surface area contributed by atoms with Crippen LogP contribution in [0.2, 0.25) is 0 Å². The molecule has 2 amide bonds. The monoisotopic (exact) mass is 246 g/mol.